The van der Waals surface area contributed by atoms with Crippen molar-refractivity contribution in [2.24, 2.45) is 11.6 Å². The summed E-state index contributed by atoms with van der Waals surface area (Å²) in [5, 5.41) is 6.03. The first kappa shape index (κ1) is 14.3. The van der Waals surface area contributed by atoms with Gasteiger partial charge < -0.3 is 16.4 Å². The molecule has 6 nitrogen and oxygen atoms in total. The fraction of sp³-hybridized carbons (Fsp3) is 0.889. The van der Waals surface area contributed by atoms with Crippen LogP contribution in [0.5, 0.6) is 0 Å². The molecule has 6 heteroatoms. The van der Waals surface area contributed by atoms with Gasteiger partial charge in [-0.1, -0.05) is 0 Å². The van der Waals surface area contributed by atoms with Gasteiger partial charge in [0.25, 0.3) is 0 Å². The molecule has 0 aromatic carbocycles. The molecule has 0 radical (unpaired) electrons. The number of amides is 1. The normalized spacial score (nSPS) is 10.3. The van der Waals surface area contributed by atoms with Gasteiger partial charge in [-0.15, -0.1) is 0 Å². The van der Waals surface area contributed by atoms with Gasteiger partial charge in [0.2, 0.25) is 5.91 Å². The molecule has 1 amide bonds. The van der Waals surface area contributed by atoms with E-state index < -0.39 is 0 Å². The molecule has 90 valence electrons. The number of nitrogens with two attached hydrogens (primary N) is 2. The van der Waals surface area contributed by atoms with Crippen LogP contribution in [0.2, 0.25) is 0 Å². The molecule has 15 heavy (non-hydrogen) atoms. The van der Waals surface area contributed by atoms with E-state index in [9.17, 15) is 4.79 Å². The molecule has 0 spiro atoms. The maximum Gasteiger partial charge on any atom is 0.235 e. The van der Waals surface area contributed by atoms with Crippen LogP contribution in [0.3, 0.4) is 0 Å². The molecule has 0 rings (SSSR count). The van der Waals surface area contributed by atoms with Crippen LogP contribution in [0.15, 0.2) is 0 Å². The van der Waals surface area contributed by atoms with Gasteiger partial charge in [-0.25, -0.2) is 0 Å². The van der Waals surface area contributed by atoms with Crippen LogP contribution >= 0.6 is 0 Å². The van der Waals surface area contributed by atoms with Gasteiger partial charge in [0.05, 0.1) is 6.54 Å². The monoisotopic (exact) mass is 217 g/mol. The lowest BCUT2D eigenvalue weighted by Gasteiger charge is -2.05. The zero-order valence-corrected chi connectivity index (χ0v) is 9.22. The van der Waals surface area contributed by atoms with Gasteiger partial charge >= 0.3 is 0 Å². The smallest absolute Gasteiger partial charge is 0.235 e. The van der Waals surface area contributed by atoms with E-state index in [1.807, 2.05) is 0 Å². The highest BCUT2D eigenvalue weighted by Crippen LogP contribution is 1.84. The van der Waals surface area contributed by atoms with Crippen molar-refractivity contribution in [2.45, 2.75) is 19.3 Å². The summed E-state index contributed by atoms with van der Waals surface area (Å²) in [6.07, 6.45) is 3.05. The molecule has 0 aliphatic heterocycles. The number of carbonyl (C=O) groups is 1. The summed E-state index contributed by atoms with van der Waals surface area (Å²) in [7, 11) is 0. The average Bonchev–Trinajstić information content (AvgIpc) is 2.22. The lowest BCUT2D eigenvalue weighted by molar-refractivity contribution is -0.120. The molecule has 0 bridgehead atoms. The third kappa shape index (κ3) is 11.2. The van der Waals surface area contributed by atoms with Crippen molar-refractivity contribution in [1.29, 1.82) is 0 Å². The predicted octanol–water partition coefficient (Wildman–Crippen LogP) is -1.72. The Morgan fingerprint density at radius 3 is 2.40 bits per heavy atom. The Labute approximate surface area is 91.1 Å². The molecular formula is C9H23N5O. The first-order valence-electron chi connectivity index (χ1n) is 5.42. The third-order valence-corrected chi connectivity index (χ3v) is 1.92. The highest BCUT2D eigenvalue weighted by atomic mass is 16.1. The van der Waals surface area contributed by atoms with Crippen LogP contribution in [-0.2, 0) is 4.79 Å². The Balaban J connectivity index is 3.01. The lowest BCUT2D eigenvalue weighted by Crippen LogP contribution is -2.37. The molecule has 0 heterocycles. The molecule has 0 aromatic rings. The van der Waals surface area contributed by atoms with E-state index in [0.717, 1.165) is 38.9 Å². The minimum Gasteiger partial charge on any atom is -0.355 e. The van der Waals surface area contributed by atoms with E-state index in [4.69, 9.17) is 11.6 Å². The van der Waals surface area contributed by atoms with Crippen molar-refractivity contribution in [3.63, 3.8) is 0 Å². The summed E-state index contributed by atoms with van der Waals surface area (Å²) in [6.45, 7) is 3.56. The molecular weight excluding hydrogens is 194 g/mol. The van der Waals surface area contributed by atoms with Crippen molar-refractivity contribution < 1.29 is 4.79 Å². The summed E-state index contributed by atoms with van der Waals surface area (Å²) < 4.78 is 0. The van der Waals surface area contributed by atoms with Crippen molar-refractivity contribution >= 4 is 5.91 Å². The van der Waals surface area contributed by atoms with Gasteiger partial charge in [0.1, 0.15) is 0 Å². The number of hydrazine groups is 1. The summed E-state index contributed by atoms with van der Waals surface area (Å²) in [5.74, 6) is 4.94. The Kier molecular flexibility index (Phi) is 10.9. The van der Waals surface area contributed by atoms with E-state index >= 15 is 0 Å². The molecule has 0 saturated heterocycles. The number of unbranched alkanes of at least 4 members (excludes halogenated alkanes) is 1. The van der Waals surface area contributed by atoms with Crippen molar-refractivity contribution in [1.82, 2.24) is 16.1 Å². The van der Waals surface area contributed by atoms with Crippen LogP contribution in [0.1, 0.15) is 19.3 Å². The van der Waals surface area contributed by atoms with E-state index in [-0.39, 0.29) is 12.5 Å². The fourth-order valence-corrected chi connectivity index (χ4v) is 1.11. The van der Waals surface area contributed by atoms with Crippen molar-refractivity contribution in [3.05, 3.63) is 0 Å². The van der Waals surface area contributed by atoms with Gasteiger partial charge in [0.15, 0.2) is 0 Å². The summed E-state index contributed by atoms with van der Waals surface area (Å²) in [4.78, 5) is 10.9. The van der Waals surface area contributed by atoms with E-state index in [0.29, 0.717) is 6.54 Å². The van der Waals surface area contributed by atoms with Gasteiger partial charge in [0, 0.05) is 6.54 Å². The van der Waals surface area contributed by atoms with Gasteiger partial charge in [-0.2, -0.15) is 0 Å². The lowest BCUT2D eigenvalue weighted by atomic mass is 10.3. The summed E-state index contributed by atoms with van der Waals surface area (Å²) >= 11 is 0. The minimum absolute atomic E-state index is 0.0615. The predicted molar refractivity (Wildman–Crippen MR) is 61.0 cm³/mol. The van der Waals surface area contributed by atoms with Crippen LogP contribution in [0, 0.1) is 0 Å². The maximum atomic E-state index is 10.9. The molecule has 0 atom stereocenters. The third-order valence-electron chi connectivity index (χ3n) is 1.92. The molecule has 0 aromatic heterocycles. The second-order valence-corrected chi connectivity index (χ2v) is 3.33. The average molecular weight is 217 g/mol. The topological polar surface area (TPSA) is 105 Å². The highest BCUT2D eigenvalue weighted by Gasteiger charge is 1.96. The Bertz CT molecular complexity index is 153. The van der Waals surface area contributed by atoms with Crippen LogP contribution < -0.4 is 27.6 Å². The van der Waals surface area contributed by atoms with Gasteiger partial charge in [-0.05, 0) is 38.9 Å². The molecule has 0 aliphatic carbocycles. The van der Waals surface area contributed by atoms with Crippen LogP contribution in [0.4, 0.5) is 0 Å². The molecule has 0 unspecified atom stereocenters. The Morgan fingerprint density at radius 2 is 1.73 bits per heavy atom. The zero-order chi connectivity index (χ0) is 11.4. The van der Waals surface area contributed by atoms with Crippen molar-refractivity contribution in [3.8, 4) is 0 Å². The minimum atomic E-state index is -0.0615. The SMILES string of the molecule is NCCCNCCCCNC(=O)CNN. The second-order valence-electron chi connectivity index (χ2n) is 3.33. The van der Waals surface area contributed by atoms with Crippen LogP contribution in [0.25, 0.3) is 0 Å². The molecule has 0 saturated carbocycles. The first-order chi connectivity index (χ1) is 7.31. The molecule has 0 aliphatic rings. The second kappa shape index (κ2) is 11.4. The first-order valence-corrected chi connectivity index (χ1v) is 5.42. The largest absolute Gasteiger partial charge is 0.355 e. The van der Waals surface area contributed by atoms with E-state index in [1.165, 1.54) is 0 Å². The molecule has 0 fully saturated rings. The van der Waals surface area contributed by atoms with Gasteiger partial charge in [-0.3, -0.25) is 16.1 Å². The summed E-state index contributed by atoms with van der Waals surface area (Å²) in [5.41, 5.74) is 7.66. The Morgan fingerprint density at radius 1 is 1.07 bits per heavy atom. The van der Waals surface area contributed by atoms with E-state index in [2.05, 4.69) is 16.1 Å². The zero-order valence-electron chi connectivity index (χ0n) is 9.22. The fourth-order valence-electron chi connectivity index (χ4n) is 1.11. The summed E-state index contributed by atoms with van der Waals surface area (Å²) in [6, 6.07) is 0. The highest BCUT2D eigenvalue weighted by molar-refractivity contribution is 5.77. The van der Waals surface area contributed by atoms with Crippen LogP contribution in [-0.4, -0.2) is 38.6 Å². The van der Waals surface area contributed by atoms with E-state index in [1.54, 1.807) is 0 Å². The number of rotatable bonds is 10. The number of hydrogen-bond acceptors (Lipinski definition) is 5. The maximum absolute atomic E-state index is 10.9. The quantitative estimate of drug-likeness (QED) is 0.170. The number of carbonyl (C=O) groups excluding carboxylic acids is 1. The van der Waals surface area contributed by atoms with Crippen molar-refractivity contribution in [2.75, 3.05) is 32.7 Å². The Hall–Kier alpha value is -0.690. The number of hydrogen-bond donors (Lipinski definition) is 5. The molecule has 7 N–H and O–H groups in total. The number of nitrogens with one attached hydrogen (secondary N) is 3. The standard InChI is InChI=1S/C9H23N5O/c10-4-3-6-12-5-1-2-7-13-9(15)8-14-11/h12,14H,1-8,10-11H2,(H,13,15).